The van der Waals surface area contributed by atoms with E-state index in [1.165, 1.54) is 0 Å². The molecule has 0 radical (unpaired) electrons. The van der Waals surface area contributed by atoms with Crippen molar-refractivity contribution >= 4 is 33.7 Å². The minimum Gasteiger partial charge on any atom is -0.440 e. The SMILES string of the molecule is O=C(c1cc2ccccc2nc1N1CCCC1)N1CCC(c2nc3ccccc3o2)CC1. The number of oxazole rings is 1. The van der Waals surface area contributed by atoms with Crippen LogP contribution < -0.4 is 4.90 Å². The predicted octanol–water partition coefficient (Wildman–Crippen LogP) is 5.00. The van der Waals surface area contributed by atoms with Gasteiger partial charge in [0.15, 0.2) is 11.5 Å². The highest BCUT2D eigenvalue weighted by atomic mass is 16.3. The van der Waals surface area contributed by atoms with Gasteiger partial charge < -0.3 is 14.2 Å². The van der Waals surface area contributed by atoms with Gasteiger partial charge in [-0.2, -0.15) is 0 Å². The van der Waals surface area contributed by atoms with E-state index in [9.17, 15) is 4.79 Å². The van der Waals surface area contributed by atoms with Gasteiger partial charge in [0.1, 0.15) is 11.3 Å². The number of hydrogen-bond acceptors (Lipinski definition) is 5. The second-order valence-electron chi connectivity index (χ2n) is 8.83. The first-order valence-electron chi connectivity index (χ1n) is 11.6. The van der Waals surface area contributed by atoms with E-state index < -0.39 is 0 Å². The molecule has 2 aromatic carbocycles. The number of pyridine rings is 1. The van der Waals surface area contributed by atoms with Gasteiger partial charge in [-0.3, -0.25) is 4.79 Å². The largest absolute Gasteiger partial charge is 0.440 e. The number of piperidine rings is 1. The molecular formula is C26H26N4O2. The van der Waals surface area contributed by atoms with Crippen LogP contribution in [-0.4, -0.2) is 47.0 Å². The summed E-state index contributed by atoms with van der Waals surface area (Å²) < 4.78 is 5.99. The first-order chi connectivity index (χ1) is 15.8. The van der Waals surface area contributed by atoms with E-state index in [-0.39, 0.29) is 11.8 Å². The van der Waals surface area contributed by atoms with Crippen LogP contribution in [0, 0.1) is 0 Å². The fourth-order valence-electron chi connectivity index (χ4n) is 5.00. The van der Waals surface area contributed by atoms with E-state index in [2.05, 4.69) is 9.88 Å². The van der Waals surface area contributed by atoms with Crippen LogP contribution >= 0.6 is 0 Å². The third-order valence-electron chi connectivity index (χ3n) is 6.78. The molecule has 0 bridgehead atoms. The van der Waals surface area contributed by atoms with Crippen LogP contribution in [0.5, 0.6) is 0 Å². The number of para-hydroxylation sites is 3. The zero-order valence-corrected chi connectivity index (χ0v) is 18.0. The second-order valence-corrected chi connectivity index (χ2v) is 8.83. The molecule has 4 heterocycles. The molecule has 6 rings (SSSR count). The molecule has 2 aromatic heterocycles. The van der Waals surface area contributed by atoms with E-state index in [0.29, 0.717) is 13.1 Å². The van der Waals surface area contributed by atoms with Gasteiger partial charge in [-0.25, -0.2) is 9.97 Å². The molecule has 4 aromatic rings. The second kappa shape index (κ2) is 7.93. The van der Waals surface area contributed by atoms with Crippen LogP contribution in [-0.2, 0) is 0 Å². The average molecular weight is 427 g/mol. The van der Waals surface area contributed by atoms with Crippen molar-refractivity contribution in [2.24, 2.45) is 0 Å². The van der Waals surface area contributed by atoms with Crippen LogP contribution in [0.15, 0.2) is 59.0 Å². The molecule has 0 spiro atoms. The highest BCUT2D eigenvalue weighted by Gasteiger charge is 2.30. The van der Waals surface area contributed by atoms with Gasteiger partial charge in [-0.1, -0.05) is 30.3 Å². The van der Waals surface area contributed by atoms with Gasteiger partial charge in [-0.15, -0.1) is 0 Å². The summed E-state index contributed by atoms with van der Waals surface area (Å²) in [5.74, 6) is 1.97. The fraction of sp³-hybridized carbons (Fsp3) is 0.346. The molecule has 0 aliphatic carbocycles. The number of aromatic nitrogens is 2. The first-order valence-corrected chi connectivity index (χ1v) is 11.6. The summed E-state index contributed by atoms with van der Waals surface area (Å²) in [5, 5.41) is 1.01. The zero-order valence-electron chi connectivity index (χ0n) is 18.0. The number of fused-ring (bicyclic) bond motifs is 2. The molecule has 6 nitrogen and oxygen atoms in total. The number of benzene rings is 2. The molecule has 0 unspecified atom stereocenters. The molecule has 6 heteroatoms. The summed E-state index contributed by atoms with van der Waals surface area (Å²) in [6.07, 6.45) is 4.02. The number of amides is 1. The molecule has 2 fully saturated rings. The van der Waals surface area contributed by atoms with Crippen molar-refractivity contribution < 1.29 is 9.21 Å². The topological polar surface area (TPSA) is 62.5 Å². The molecule has 0 saturated carbocycles. The highest BCUT2D eigenvalue weighted by Crippen LogP contribution is 2.32. The lowest BCUT2D eigenvalue weighted by molar-refractivity contribution is 0.0707. The number of anilines is 1. The summed E-state index contributed by atoms with van der Waals surface area (Å²) in [7, 11) is 0. The standard InChI is InChI=1S/C26H26N4O2/c31-26(20-17-19-7-1-2-8-21(19)27-24(20)29-13-5-6-14-29)30-15-11-18(12-16-30)25-28-22-9-3-4-10-23(22)32-25/h1-4,7-10,17-18H,5-6,11-16H2. The van der Waals surface area contributed by atoms with Crippen molar-refractivity contribution in [2.75, 3.05) is 31.1 Å². The highest BCUT2D eigenvalue weighted by molar-refractivity contribution is 6.02. The Bertz CT molecular complexity index is 1250. The van der Waals surface area contributed by atoms with E-state index in [0.717, 1.165) is 78.0 Å². The Hall–Kier alpha value is -3.41. The lowest BCUT2D eigenvalue weighted by atomic mass is 9.96. The molecule has 162 valence electrons. The average Bonchev–Trinajstić information content (AvgIpc) is 3.53. The summed E-state index contributed by atoms with van der Waals surface area (Å²) >= 11 is 0. The maximum absolute atomic E-state index is 13.6. The van der Waals surface area contributed by atoms with Crippen molar-refractivity contribution in [3.63, 3.8) is 0 Å². The Kier molecular flexibility index (Phi) is 4.78. The third kappa shape index (κ3) is 3.40. The Morgan fingerprint density at radius 2 is 1.59 bits per heavy atom. The Labute approximate surface area is 186 Å². The van der Waals surface area contributed by atoms with E-state index >= 15 is 0 Å². The quantitative estimate of drug-likeness (QED) is 0.462. The van der Waals surface area contributed by atoms with Crippen LogP contribution in [0.2, 0.25) is 0 Å². The van der Waals surface area contributed by atoms with Gasteiger partial charge in [0.05, 0.1) is 11.1 Å². The molecule has 2 aliphatic rings. The van der Waals surface area contributed by atoms with Crippen LogP contribution in [0.3, 0.4) is 0 Å². The Morgan fingerprint density at radius 3 is 2.38 bits per heavy atom. The fourth-order valence-corrected chi connectivity index (χ4v) is 5.00. The molecule has 1 amide bonds. The number of rotatable bonds is 3. The Morgan fingerprint density at radius 1 is 0.875 bits per heavy atom. The van der Waals surface area contributed by atoms with E-state index in [1.54, 1.807) is 0 Å². The van der Waals surface area contributed by atoms with Gasteiger partial charge in [0, 0.05) is 37.5 Å². The predicted molar refractivity (Wildman–Crippen MR) is 125 cm³/mol. The van der Waals surface area contributed by atoms with Gasteiger partial charge in [0.2, 0.25) is 0 Å². The molecule has 32 heavy (non-hydrogen) atoms. The summed E-state index contributed by atoms with van der Waals surface area (Å²) in [6.45, 7) is 3.33. The summed E-state index contributed by atoms with van der Waals surface area (Å²) in [4.78, 5) is 27.5. The number of carbonyl (C=O) groups excluding carboxylic acids is 1. The molecular weight excluding hydrogens is 400 g/mol. The maximum atomic E-state index is 13.6. The maximum Gasteiger partial charge on any atom is 0.257 e. The van der Waals surface area contributed by atoms with Crippen molar-refractivity contribution in [1.82, 2.24) is 14.9 Å². The van der Waals surface area contributed by atoms with Crippen LogP contribution in [0.4, 0.5) is 5.82 Å². The number of hydrogen-bond donors (Lipinski definition) is 0. The molecule has 0 atom stereocenters. The number of likely N-dealkylation sites (tertiary alicyclic amines) is 1. The van der Waals surface area contributed by atoms with Crippen LogP contribution in [0.1, 0.15) is 47.8 Å². The summed E-state index contributed by atoms with van der Waals surface area (Å²) in [5.41, 5.74) is 3.41. The molecule has 0 N–H and O–H groups in total. The van der Waals surface area contributed by atoms with Gasteiger partial charge in [-0.05, 0) is 49.9 Å². The summed E-state index contributed by atoms with van der Waals surface area (Å²) in [6, 6.07) is 18.0. The van der Waals surface area contributed by atoms with E-state index in [4.69, 9.17) is 9.40 Å². The third-order valence-corrected chi connectivity index (χ3v) is 6.78. The van der Waals surface area contributed by atoms with Crippen molar-refractivity contribution in [3.05, 3.63) is 66.1 Å². The molecule has 2 aliphatic heterocycles. The van der Waals surface area contributed by atoms with Crippen molar-refractivity contribution in [2.45, 2.75) is 31.6 Å². The first kappa shape index (κ1) is 19.3. The molecule has 2 saturated heterocycles. The van der Waals surface area contributed by atoms with Gasteiger partial charge in [0.25, 0.3) is 5.91 Å². The van der Waals surface area contributed by atoms with Crippen molar-refractivity contribution in [1.29, 1.82) is 0 Å². The van der Waals surface area contributed by atoms with Crippen LogP contribution in [0.25, 0.3) is 22.0 Å². The number of nitrogens with zero attached hydrogens (tertiary/aromatic N) is 4. The van der Waals surface area contributed by atoms with E-state index in [1.807, 2.05) is 59.5 Å². The lowest BCUT2D eigenvalue weighted by Gasteiger charge is -2.32. The lowest BCUT2D eigenvalue weighted by Crippen LogP contribution is -2.39. The van der Waals surface area contributed by atoms with Gasteiger partial charge >= 0.3 is 0 Å². The minimum atomic E-state index is 0.0844. The minimum absolute atomic E-state index is 0.0844. The Balaban J connectivity index is 1.25. The monoisotopic (exact) mass is 426 g/mol. The van der Waals surface area contributed by atoms with Crippen molar-refractivity contribution in [3.8, 4) is 0 Å². The smallest absolute Gasteiger partial charge is 0.257 e. The zero-order chi connectivity index (χ0) is 21.5. The number of carbonyl (C=O) groups is 1. The normalized spacial score (nSPS) is 17.5.